The maximum Gasteiger partial charge on any atom is 0.244 e. The maximum absolute atomic E-state index is 12.2. The second-order valence-corrected chi connectivity index (χ2v) is 4.73. The monoisotopic (exact) mass is 230 g/mol. The highest BCUT2D eigenvalue weighted by Gasteiger charge is 2.48. The Morgan fingerprint density at radius 1 is 1.41 bits per heavy atom. The first-order chi connectivity index (χ1) is 8.20. The lowest BCUT2D eigenvalue weighted by Gasteiger charge is -2.53. The van der Waals surface area contributed by atoms with Crippen molar-refractivity contribution in [2.24, 2.45) is 0 Å². The van der Waals surface area contributed by atoms with E-state index < -0.39 is 0 Å². The van der Waals surface area contributed by atoms with Gasteiger partial charge < -0.3 is 4.90 Å². The van der Waals surface area contributed by atoms with Crippen LogP contribution in [0.2, 0.25) is 0 Å². The molecule has 2 unspecified atom stereocenters. The quantitative estimate of drug-likeness (QED) is 0.709. The molecule has 0 aliphatic carbocycles. The highest BCUT2D eigenvalue weighted by Crippen LogP contribution is 2.34. The van der Waals surface area contributed by atoms with Crippen molar-refractivity contribution in [3.63, 3.8) is 0 Å². The molecule has 3 heterocycles. The van der Waals surface area contributed by atoms with Crippen LogP contribution in [0.4, 0.5) is 5.69 Å². The van der Waals surface area contributed by atoms with E-state index in [2.05, 4.69) is 4.90 Å². The van der Waals surface area contributed by atoms with Gasteiger partial charge in [0.15, 0.2) is 0 Å². The van der Waals surface area contributed by atoms with Gasteiger partial charge >= 0.3 is 0 Å². The first-order valence-corrected chi connectivity index (χ1v) is 5.79. The summed E-state index contributed by atoms with van der Waals surface area (Å²) in [4.78, 5) is 26.8. The fourth-order valence-electron chi connectivity index (χ4n) is 2.66. The van der Waals surface area contributed by atoms with Crippen molar-refractivity contribution < 1.29 is 9.59 Å². The molecule has 3 saturated heterocycles. The zero-order valence-electron chi connectivity index (χ0n) is 9.67. The molecule has 0 aromatic heterocycles. The molecule has 0 radical (unpaired) electrons. The normalized spacial score (nSPS) is 27.8. The highest BCUT2D eigenvalue weighted by molar-refractivity contribution is 6.00. The molecule has 4 nitrogen and oxygen atoms in total. The summed E-state index contributed by atoms with van der Waals surface area (Å²) in [6, 6.07) is 7.73. The molecule has 0 N–H and O–H groups in total. The van der Waals surface area contributed by atoms with Gasteiger partial charge in [-0.3, -0.25) is 14.5 Å². The van der Waals surface area contributed by atoms with Crippen LogP contribution in [0.3, 0.4) is 0 Å². The van der Waals surface area contributed by atoms with Gasteiger partial charge in [0, 0.05) is 23.8 Å². The molecule has 3 fully saturated rings. The van der Waals surface area contributed by atoms with E-state index >= 15 is 0 Å². The summed E-state index contributed by atoms with van der Waals surface area (Å²) in [6.07, 6.45) is 1.78. The first kappa shape index (κ1) is 10.5. The van der Waals surface area contributed by atoms with Crippen LogP contribution in [0.25, 0.3) is 0 Å². The molecule has 4 heteroatoms. The van der Waals surface area contributed by atoms with Gasteiger partial charge in [0.1, 0.15) is 6.29 Å². The van der Waals surface area contributed by atoms with Crippen LogP contribution in [-0.2, 0) is 4.79 Å². The zero-order chi connectivity index (χ0) is 12.0. The van der Waals surface area contributed by atoms with Gasteiger partial charge in [0.25, 0.3) is 0 Å². The minimum Gasteiger partial charge on any atom is -0.309 e. The van der Waals surface area contributed by atoms with Crippen LogP contribution in [0.15, 0.2) is 24.3 Å². The van der Waals surface area contributed by atoms with Crippen LogP contribution in [0.1, 0.15) is 16.8 Å². The minimum absolute atomic E-state index is 0.0358. The molecule has 88 valence electrons. The number of carbonyl (C=O) groups is 2. The zero-order valence-corrected chi connectivity index (χ0v) is 9.67. The minimum atomic E-state index is 0.0358. The SMILES string of the molecule is CN1C2CC1C(=O)N(c1cccc(C=O)c1)C2. The van der Waals surface area contributed by atoms with Crippen molar-refractivity contribution in [3.05, 3.63) is 29.8 Å². The average molecular weight is 230 g/mol. The van der Waals surface area contributed by atoms with Crippen LogP contribution < -0.4 is 4.90 Å². The summed E-state index contributed by atoms with van der Waals surface area (Å²) in [5.74, 6) is 0.151. The molecule has 3 aliphatic rings. The van der Waals surface area contributed by atoms with Crippen molar-refractivity contribution in [1.29, 1.82) is 0 Å². The Kier molecular flexibility index (Phi) is 2.26. The Labute approximate surface area is 99.8 Å². The molecule has 17 heavy (non-hydrogen) atoms. The van der Waals surface area contributed by atoms with Crippen molar-refractivity contribution in [2.45, 2.75) is 18.5 Å². The predicted octanol–water partition coefficient (Wildman–Crippen LogP) is 0.918. The molecule has 0 saturated carbocycles. The number of amides is 1. The number of hydrogen-bond acceptors (Lipinski definition) is 3. The van der Waals surface area contributed by atoms with E-state index in [1.54, 1.807) is 17.0 Å². The molecule has 4 rings (SSSR count). The number of likely N-dealkylation sites (N-methyl/N-ethyl adjacent to an activating group) is 1. The third kappa shape index (κ3) is 1.48. The molecule has 1 aromatic carbocycles. The third-order valence-electron chi connectivity index (χ3n) is 3.83. The van der Waals surface area contributed by atoms with Gasteiger partial charge in [-0.2, -0.15) is 0 Å². The van der Waals surface area contributed by atoms with Crippen LogP contribution in [0.5, 0.6) is 0 Å². The van der Waals surface area contributed by atoms with Gasteiger partial charge in [0.2, 0.25) is 5.91 Å². The molecule has 2 bridgehead atoms. The number of hydrogen-bond donors (Lipinski definition) is 0. The Bertz CT molecular complexity index is 486. The summed E-state index contributed by atoms with van der Waals surface area (Å²) >= 11 is 0. The average Bonchev–Trinajstić information content (AvgIpc) is 2.37. The van der Waals surface area contributed by atoms with E-state index in [0.29, 0.717) is 11.6 Å². The van der Waals surface area contributed by atoms with E-state index in [4.69, 9.17) is 0 Å². The summed E-state index contributed by atoms with van der Waals surface area (Å²) in [5, 5.41) is 0. The van der Waals surface area contributed by atoms with Crippen molar-refractivity contribution >= 4 is 17.9 Å². The topological polar surface area (TPSA) is 40.6 Å². The van der Waals surface area contributed by atoms with Gasteiger partial charge in [-0.25, -0.2) is 0 Å². The number of carbonyl (C=O) groups excluding carboxylic acids is 2. The Balaban J connectivity index is 1.90. The number of nitrogens with zero attached hydrogens (tertiary/aromatic N) is 2. The summed E-state index contributed by atoms with van der Waals surface area (Å²) in [5.41, 5.74) is 1.45. The number of rotatable bonds is 2. The van der Waals surface area contributed by atoms with E-state index in [1.807, 2.05) is 19.2 Å². The molecular weight excluding hydrogens is 216 g/mol. The number of anilines is 1. The summed E-state index contributed by atoms with van der Waals surface area (Å²) in [7, 11) is 2.00. The number of benzene rings is 1. The predicted molar refractivity (Wildman–Crippen MR) is 64.1 cm³/mol. The van der Waals surface area contributed by atoms with E-state index in [0.717, 1.165) is 24.9 Å². The van der Waals surface area contributed by atoms with E-state index in [9.17, 15) is 9.59 Å². The lowest BCUT2D eigenvalue weighted by molar-refractivity contribution is -0.135. The van der Waals surface area contributed by atoms with Gasteiger partial charge in [0.05, 0.1) is 6.04 Å². The first-order valence-electron chi connectivity index (χ1n) is 5.79. The largest absolute Gasteiger partial charge is 0.309 e. The number of piperazine rings is 1. The second kappa shape index (κ2) is 3.67. The Hall–Kier alpha value is -1.68. The van der Waals surface area contributed by atoms with E-state index in [-0.39, 0.29) is 11.9 Å². The van der Waals surface area contributed by atoms with Crippen molar-refractivity contribution in [3.8, 4) is 0 Å². The smallest absolute Gasteiger partial charge is 0.244 e. The molecule has 2 atom stereocenters. The number of piperidine rings is 1. The second-order valence-electron chi connectivity index (χ2n) is 4.73. The van der Waals surface area contributed by atoms with Crippen LogP contribution >= 0.6 is 0 Å². The Morgan fingerprint density at radius 2 is 2.24 bits per heavy atom. The lowest BCUT2D eigenvalue weighted by atomic mass is 9.87. The summed E-state index contributed by atoms with van der Waals surface area (Å²) in [6.45, 7) is 0.730. The summed E-state index contributed by atoms with van der Waals surface area (Å²) < 4.78 is 0. The van der Waals surface area contributed by atoms with E-state index in [1.165, 1.54) is 0 Å². The maximum atomic E-state index is 12.2. The molecule has 3 aliphatic heterocycles. The third-order valence-corrected chi connectivity index (χ3v) is 3.83. The van der Waals surface area contributed by atoms with Gasteiger partial charge in [-0.15, -0.1) is 0 Å². The Morgan fingerprint density at radius 3 is 2.88 bits per heavy atom. The van der Waals surface area contributed by atoms with Crippen molar-refractivity contribution in [2.75, 3.05) is 18.5 Å². The fourth-order valence-corrected chi connectivity index (χ4v) is 2.66. The lowest BCUT2D eigenvalue weighted by Crippen LogP contribution is -2.70. The molecule has 0 spiro atoms. The number of aldehydes is 1. The fraction of sp³-hybridized carbons (Fsp3) is 0.385. The molecule has 1 amide bonds. The van der Waals surface area contributed by atoms with Crippen LogP contribution in [0, 0.1) is 0 Å². The standard InChI is InChI=1S/C13H14N2O2/c1-14-11-6-12(14)13(17)15(7-11)10-4-2-3-9(5-10)8-16/h2-5,8,11-12H,6-7H2,1H3. The van der Waals surface area contributed by atoms with Gasteiger partial charge in [-0.05, 0) is 25.6 Å². The highest BCUT2D eigenvalue weighted by atomic mass is 16.2. The van der Waals surface area contributed by atoms with Crippen molar-refractivity contribution in [1.82, 2.24) is 4.90 Å². The van der Waals surface area contributed by atoms with Gasteiger partial charge in [-0.1, -0.05) is 12.1 Å². The molecule has 1 aromatic rings. The van der Waals surface area contributed by atoms with Crippen LogP contribution in [-0.4, -0.2) is 42.8 Å². The molecular formula is C13H14N2O2. The number of fused-ring (bicyclic) bond motifs is 2.